The third-order valence-corrected chi connectivity index (χ3v) is 8.34. The molecule has 0 N–H and O–H groups in total. The zero-order valence-electron chi connectivity index (χ0n) is 31.9. The monoisotopic (exact) mass is 822 g/mol. The van der Waals surface area contributed by atoms with Gasteiger partial charge < -0.3 is 9.80 Å². The Hall–Kier alpha value is -6.35. The molecule has 6 aromatic carbocycles. The summed E-state index contributed by atoms with van der Waals surface area (Å²) in [7, 11) is 0. The molecule has 0 aliphatic heterocycles. The van der Waals surface area contributed by atoms with Crippen LogP contribution in [0.1, 0.15) is 44.7 Å². The number of rotatable bonds is 8. The normalized spacial score (nSPS) is 11.5. The molecule has 2 aliphatic rings. The molecule has 9 heteroatoms. The van der Waals surface area contributed by atoms with Crippen molar-refractivity contribution in [1.82, 2.24) is 0 Å². The van der Waals surface area contributed by atoms with Crippen molar-refractivity contribution >= 4 is 23.2 Å². The third kappa shape index (κ3) is 14.5. The second-order valence-electron chi connectivity index (χ2n) is 12.5. The maximum atomic E-state index is 14.2. The van der Waals surface area contributed by atoms with Gasteiger partial charge in [-0.1, -0.05) is 97.1 Å². The molecule has 0 saturated heterocycles. The Morgan fingerprint density at radius 3 is 1.08 bits per heavy atom. The van der Waals surface area contributed by atoms with Crippen molar-refractivity contribution in [2.75, 3.05) is 9.80 Å². The van der Waals surface area contributed by atoms with Gasteiger partial charge in [0.25, 0.3) is 0 Å². The Bertz CT molecular complexity index is 2150. The van der Waals surface area contributed by atoms with Gasteiger partial charge in [-0.3, -0.25) is 21.7 Å². The van der Waals surface area contributed by atoms with Crippen LogP contribution in [0.15, 0.2) is 182 Å². The predicted molar refractivity (Wildman–Crippen MR) is 220 cm³/mol. The van der Waals surface area contributed by atoms with E-state index in [1.54, 1.807) is 60.7 Å². The number of hydrogen-bond acceptors (Lipinski definition) is 2. The summed E-state index contributed by atoms with van der Waals surface area (Å²) in [5.74, 6) is -4.12. The van der Waals surface area contributed by atoms with Crippen molar-refractivity contribution in [3.8, 4) is 0 Å². The molecule has 0 bridgehead atoms. The van der Waals surface area contributed by atoms with Crippen LogP contribution in [0.2, 0.25) is 0 Å². The fraction of sp³-hybridized carbons (Fsp3) is 0.0800. The summed E-state index contributed by atoms with van der Waals surface area (Å²) in [5, 5.41) is 0. The van der Waals surface area contributed by atoms with E-state index in [1.807, 2.05) is 97.1 Å². The van der Waals surface area contributed by atoms with E-state index in [0.717, 1.165) is 36.1 Å². The molecule has 0 atom stereocenters. The second kappa shape index (κ2) is 24.4. The van der Waals surface area contributed by atoms with Crippen molar-refractivity contribution in [3.05, 3.63) is 252 Å². The molecule has 59 heavy (non-hydrogen) atoms. The average Bonchev–Trinajstić information content (AvgIpc) is 4.05. The van der Waals surface area contributed by atoms with Crippen molar-refractivity contribution < 1.29 is 48.9 Å². The van der Waals surface area contributed by atoms with Crippen molar-refractivity contribution in [2.45, 2.75) is 25.9 Å². The summed E-state index contributed by atoms with van der Waals surface area (Å²) < 4.78 is 54.7. The Morgan fingerprint density at radius 2 is 0.814 bits per heavy atom. The SMILES string of the molecule is O=C(c1ccccc1)N(Cc1ccccc1)c1ccc(F)[c-]c1F.O=C(c1ccccc1)N(Cc1ccccc1)c1ccc(F)[c-]c1F.[C-]1=CC=CC1.[C-]1=CC=CC1.[Ti+4]. The van der Waals surface area contributed by atoms with Gasteiger partial charge in [0.1, 0.15) is 0 Å². The van der Waals surface area contributed by atoms with E-state index in [2.05, 4.69) is 24.3 Å². The summed E-state index contributed by atoms with van der Waals surface area (Å²) in [5.41, 5.74) is 2.52. The zero-order valence-corrected chi connectivity index (χ0v) is 33.4. The topological polar surface area (TPSA) is 40.6 Å². The summed E-state index contributed by atoms with van der Waals surface area (Å²) in [4.78, 5) is 28.3. The van der Waals surface area contributed by atoms with Gasteiger partial charge >= 0.3 is 21.7 Å². The van der Waals surface area contributed by atoms with E-state index in [-0.39, 0.29) is 58.0 Å². The number of nitrogens with zero attached hydrogens (tertiary/aromatic N) is 2. The molecule has 0 saturated carbocycles. The number of anilines is 2. The van der Waals surface area contributed by atoms with Crippen LogP contribution in [0.4, 0.5) is 28.9 Å². The molecule has 6 aromatic rings. The molecule has 0 aromatic heterocycles. The number of allylic oxidation sites excluding steroid dienone is 8. The maximum absolute atomic E-state index is 14.2. The predicted octanol–water partition coefficient (Wildman–Crippen LogP) is 11.8. The first-order valence-electron chi connectivity index (χ1n) is 18.3. The van der Waals surface area contributed by atoms with Gasteiger partial charge in [0.15, 0.2) is 0 Å². The Labute approximate surface area is 358 Å². The van der Waals surface area contributed by atoms with Gasteiger partial charge in [-0.15, -0.1) is 49.2 Å². The number of benzene rings is 6. The minimum Gasteiger partial charge on any atom is -0.355 e. The van der Waals surface area contributed by atoms with Crippen molar-refractivity contribution in [2.24, 2.45) is 0 Å². The van der Waals surface area contributed by atoms with Gasteiger partial charge in [-0.2, -0.15) is 12.2 Å². The van der Waals surface area contributed by atoms with E-state index in [0.29, 0.717) is 11.1 Å². The number of halogens is 4. The molecule has 8 rings (SSSR count). The van der Waals surface area contributed by atoms with Crippen molar-refractivity contribution in [1.29, 1.82) is 0 Å². The molecule has 0 unspecified atom stereocenters. The van der Waals surface area contributed by atoms with E-state index in [1.165, 1.54) is 21.9 Å². The van der Waals surface area contributed by atoms with Crippen LogP contribution in [0.25, 0.3) is 0 Å². The molecular weight excluding hydrogens is 784 g/mol. The van der Waals surface area contributed by atoms with Crippen molar-refractivity contribution in [3.63, 3.8) is 0 Å². The largest absolute Gasteiger partial charge is 4.00 e. The van der Waals surface area contributed by atoms with Crippen LogP contribution in [0.5, 0.6) is 0 Å². The summed E-state index contributed by atoms with van der Waals surface area (Å²) in [6, 6.07) is 44.3. The molecule has 2 aliphatic carbocycles. The second-order valence-corrected chi connectivity index (χ2v) is 12.5. The molecule has 0 radical (unpaired) electrons. The van der Waals surface area contributed by atoms with Crippen LogP contribution < -0.4 is 9.80 Å². The van der Waals surface area contributed by atoms with Gasteiger partial charge in [-0.05, 0) is 46.8 Å². The molecule has 0 heterocycles. The first-order valence-corrected chi connectivity index (χ1v) is 18.3. The maximum Gasteiger partial charge on any atom is 4.00 e. The van der Waals surface area contributed by atoms with Crippen LogP contribution >= 0.6 is 0 Å². The van der Waals surface area contributed by atoms with Crippen LogP contribution in [-0.4, -0.2) is 11.8 Å². The number of amides is 2. The Morgan fingerprint density at radius 1 is 0.475 bits per heavy atom. The van der Waals surface area contributed by atoms with E-state index >= 15 is 0 Å². The molecule has 292 valence electrons. The number of carbonyl (C=O) groups is 2. The first-order chi connectivity index (χ1) is 28.3. The van der Waals surface area contributed by atoms with E-state index in [9.17, 15) is 27.2 Å². The van der Waals surface area contributed by atoms with Gasteiger partial charge in [0.05, 0.1) is 0 Å². The third-order valence-electron chi connectivity index (χ3n) is 8.34. The Balaban J connectivity index is 0.000000207. The fourth-order valence-corrected chi connectivity index (χ4v) is 5.51. The van der Waals surface area contributed by atoms with E-state index in [4.69, 9.17) is 0 Å². The Kier molecular flexibility index (Phi) is 18.8. The first kappa shape index (κ1) is 45.4. The standard InChI is InChI=1S/2C20H14F2NO.2C5H5.Ti/c2*21-17-11-12-19(18(22)13-17)23(14-15-7-3-1-4-8-15)20(24)16-9-5-2-6-10-16;2*1-2-4-5-3-1;/h2*1-12H,14H2;2*1-3H,4H2;/q4*-1;+4. The van der Waals surface area contributed by atoms with Gasteiger partial charge in [0, 0.05) is 47.5 Å². The van der Waals surface area contributed by atoms with Crippen LogP contribution in [-0.2, 0) is 34.8 Å². The molecule has 0 spiro atoms. The molecular formula is C50H38F4N2O2Ti. The number of hydrogen-bond donors (Lipinski definition) is 0. The molecule has 2 amide bonds. The van der Waals surface area contributed by atoms with E-state index < -0.39 is 23.3 Å². The number of carbonyl (C=O) groups excluding carboxylic acids is 2. The van der Waals surface area contributed by atoms with Crippen LogP contribution in [0, 0.1) is 47.6 Å². The smallest absolute Gasteiger partial charge is 0.355 e. The minimum atomic E-state index is -0.893. The summed E-state index contributed by atoms with van der Waals surface area (Å²) >= 11 is 0. The fourth-order valence-electron chi connectivity index (χ4n) is 5.51. The summed E-state index contributed by atoms with van der Waals surface area (Å²) in [6.45, 7) is 0.343. The molecule has 4 nitrogen and oxygen atoms in total. The quantitative estimate of drug-likeness (QED) is 0.0872. The van der Waals surface area contributed by atoms with Crippen LogP contribution in [0.3, 0.4) is 0 Å². The van der Waals surface area contributed by atoms with Gasteiger partial charge in [-0.25, -0.2) is 41.9 Å². The summed E-state index contributed by atoms with van der Waals surface area (Å²) in [6.07, 6.45) is 20.0. The minimum absolute atomic E-state index is 0. The molecule has 0 fully saturated rings. The average molecular weight is 823 g/mol. The van der Waals surface area contributed by atoms with Gasteiger partial charge in [0.2, 0.25) is 11.8 Å². The zero-order chi connectivity index (χ0) is 41.0.